The number of para-hydroxylation sites is 2. The van der Waals surface area contributed by atoms with Crippen LogP contribution < -0.4 is 15.8 Å². The maximum absolute atomic E-state index is 14.1. The van der Waals surface area contributed by atoms with Crippen molar-refractivity contribution in [1.82, 2.24) is 28.8 Å². The van der Waals surface area contributed by atoms with Gasteiger partial charge >= 0.3 is 0 Å². The number of benzene rings is 3. The van der Waals surface area contributed by atoms with E-state index in [4.69, 9.17) is 9.97 Å². The summed E-state index contributed by atoms with van der Waals surface area (Å²) in [4.78, 5) is 32.3. The summed E-state index contributed by atoms with van der Waals surface area (Å²) in [5, 5.41) is 3.57. The van der Waals surface area contributed by atoms with Crippen LogP contribution in [-0.2, 0) is 0 Å². The quantitative estimate of drug-likeness (QED) is 0.373. The van der Waals surface area contributed by atoms with E-state index in [-0.39, 0.29) is 5.56 Å². The summed E-state index contributed by atoms with van der Waals surface area (Å²) in [5.41, 5.74) is 3.92. The summed E-state index contributed by atoms with van der Waals surface area (Å²) < 4.78 is 17.4. The standard InChI is InChI=1S/C29H25FN8O/c1-35-13-15-36(16-14-35)21-11-9-20(10-12-21)32-28-31-18-23-26(34-28)38-25-8-3-2-7-24(25)33-29(38)37(27(23)39)22-6-4-5-19(30)17-22/h2-12,17-18H,13-16H2,1H3,(H,31,32,34). The van der Waals surface area contributed by atoms with Crippen LogP contribution in [-0.4, -0.2) is 62.0 Å². The highest BCUT2D eigenvalue weighted by Crippen LogP contribution is 2.25. The highest BCUT2D eigenvalue weighted by atomic mass is 19.1. The van der Waals surface area contributed by atoms with Gasteiger partial charge in [-0.3, -0.25) is 9.20 Å². The van der Waals surface area contributed by atoms with E-state index < -0.39 is 5.82 Å². The Morgan fingerprint density at radius 1 is 0.872 bits per heavy atom. The molecule has 0 aliphatic carbocycles. The van der Waals surface area contributed by atoms with Crippen molar-refractivity contribution in [2.24, 2.45) is 0 Å². The summed E-state index contributed by atoms with van der Waals surface area (Å²) in [5.74, 6) is 0.264. The average molecular weight is 521 g/mol. The summed E-state index contributed by atoms with van der Waals surface area (Å²) in [6, 6.07) is 21.7. The van der Waals surface area contributed by atoms with Gasteiger partial charge in [-0.25, -0.2) is 18.9 Å². The second-order valence-corrected chi connectivity index (χ2v) is 9.75. The first-order valence-corrected chi connectivity index (χ1v) is 12.8. The monoisotopic (exact) mass is 520 g/mol. The molecule has 0 radical (unpaired) electrons. The Morgan fingerprint density at radius 2 is 1.67 bits per heavy atom. The Labute approximate surface area is 222 Å². The number of aromatic nitrogens is 5. The highest BCUT2D eigenvalue weighted by Gasteiger charge is 2.19. The van der Waals surface area contributed by atoms with E-state index in [1.54, 1.807) is 12.1 Å². The molecule has 1 aliphatic heterocycles. The van der Waals surface area contributed by atoms with Crippen molar-refractivity contribution in [2.45, 2.75) is 0 Å². The fourth-order valence-electron chi connectivity index (χ4n) is 5.13. The van der Waals surface area contributed by atoms with Gasteiger partial charge in [0.2, 0.25) is 11.7 Å². The molecule has 9 nitrogen and oxygen atoms in total. The van der Waals surface area contributed by atoms with Crippen LogP contribution in [0.5, 0.6) is 0 Å². The molecule has 194 valence electrons. The van der Waals surface area contributed by atoms with E-state index in [0.717, 1.165) is 37.4 Å². The number of anilines is 3. The second kappa shape index (κ2) is 9.17. The molecule has 6 aromatic rings. The van der Waals surface area contributed by atoms with Crippen LogP contribution in [0, 0.1) is 5.82 Å². The van der Waals surface area contributed by atoms with Crippen molar-refractivity contribution in [1.29, 1.82) is 0 Å². The predicted octanol–water partition coefficient (Wildman–Crippen LogP) is 4.22. The van der Waals surface area contributed by atoms with Gasteiger partial charge in [-0.15, -0.1) is 0 Å². The smallest absolute Gasteiger partial charge is 0.270 e. The number of nitrogens with one attached hydrogen (secondary N) is 1. The van der Waals surface area contributed by atoms with Crippen LogP contribution in [0.4, 0.5) is 21.7 Å². The van der Waals surface area contributed by atoms with Gasteiger partial charge in [-0.05, 0) is 61.6 Å². The minimum atomic E-state index is -0.441. The van der Waals surface area contributed by atoms with Crippen LogP contribution in [0.25, 0.3) is 33.5 Å². The molecule has 10 heteroatoms. The van der Waals surface area contributed by atoms with Gasteiger partial charge in [0, 0.05) is 43.8 Å². The van der Waals surface area contributed by atoms with Crippen molar-refractivity contribution in [3.05, 3.63) is 95.2 Å². The number of hydrogen-bond donors (Lipinski definition) is 1. The lowest BCUT2D eigenvalue weighted by molar-refractivity contribution is 0.313. The van der Waals surface area contributed by atoms with Crippen molar-refractivity contribution in [2.75, 3.05) is 43.4 Å². The molecule has 39 heavy (non-hydrogen) atoms. The molecule has 0 spiro atoms. The number of piperazine rings is 1. The third-order valence-corrected chi connectivity index (χ3v) is 7.22. The molecule has 7 rings (SSSR count). The highest BCUT2D eigenvalue weighted by molar-refractivity contribution is 5.88. The lowest BCUT2D eigenvalue weighted by atomic mass is 10.2. The van der Waals surface area contributed by atoms with E-state index >= 15 is 0 Å². The number of hydrogen-bond acceptors (Lipinski definition) is 7. The Hall–Kier alpha value is -4.83. The predicted molar refractivity (Wildman–Crippen MR) is 151 cm³/mol. The van der Waals surface area contributed by atoms with Crippen LogP contribution in [0.2, 0.25) is 0 Å². The summed E-state index contributed by atoms with van der Waals surface area (Å²) in [6.45, 7) is 4.09. The minimum absolute atomic E-state index is 0.297. The number of halogens is 1. The van der Waals surface area contributed by atoms with Crippen LogP contribution in [0.15, 0.2) is 83.8 Å². The number of likely N-dealkylation sites (N-methyl/N-ethyl adjacent to an activating group) is 1. The maximum Gasteiger partial charge on any atom is 0.270 e. The van der Waals surface area contributed by atoms with Gasteiger partial charge < -0.3 is 15.1 Å². The van der Waals surface area contributed by atoms with Crippen molar-refractivity contribution < 1.29 is 4.39 Å². The Morgan fingerprint density at radius 3 is 2.46 bits per heavy atom. The first-order chi connectivity index (χ1) is 19.0. The van der Waals surface area contributed by atoms with Gasteiger partial charge in [0.15, 0.2) is 5.65 Å². The Balaban J connectivity index is 1.33. The van der Waals surface area contributed by atoms with Crippen molar-refractivity contribution >= 4 is 45.2 Å². The molecule has 1 aliphatic rings. The second-order valence-electron chi connectivity index (χ2n) is 9.75. The van der Waals surface area contributed by atoms with Gasteiger partial charge in [-0.2, -0.15) is 4.98 Å². The molecule has 3 aromatic carbocycles. The molecule has 1 N–H and O–H groups in total. The molecule has 3 aromatic heterocycles. The maximum atomic E-state index is 14.1. The third kappa shape index (κ3) is 4.05. The van der Waals surface area contributed by atoms with E-state index in [0.29, 0.717) is 34.0 Å². The first kappa shape index (κ1) is 23.3. The Bertz CT molecular complexity index is 1910. The summed E-state index contributed by atoms with van der Waals surface area (Å²) in [7, 11) is 2.14. The van der Waals surface area contributed by atoms with E-state index in [2.05, 4.69) is 39.3 Å². The molecule has 0 atom stereocenters. The number of imidazole rings is 1. The van der Waals surface area contributed by atoms with E-state index in [9.17, 15) is 9.18 Å². The Kier molecular flexibility index (Phi) is 5.48. The first-order valence-electron chi connectivity index (χ1n) is 12.8. The topological polar surface area (TPSA) is 83.6 Å². The normalized spacial score (nSPS) is 14.5. The summed E-state index contributed by atoms with van der Waals surface area (Å²) in [6.07, 6.45) is 1.51. The van der Waals surface area contributed by atoms with Crippen LogP contribution in [0.1, 0.15) is 0 Å². The van der Waals surface area contributed by atoms with E-state index in [1.165, 1.54) is 28.6 Å². The largest absolute Gasteiger partial charge is 0.369 e. The molecule has 0 amide bonds. The van der Waals surface area contributed by atoms with Gasteiger partial charge in [0.05, 0.1) is 16.7 Å². The third-order valence-electron chi connectivity index (χ3n) is 7.22. The van der Waals surface area contributed by atoms with Crippen LogP contribution >= 0.6 is 0 Å². The van der Waals surface area contributed by atoms with Crippen molar-refractivity contribution in [3.8, 4) is 5.69 Å². The van der Waals surface area contributed by atoms with E-state index in [1.807, 2.05) is 40.8 Å². The molecule has 1 saturated heterocycles. The molecule has 0 saturated carbocycles. The molecule has 1 fully saturated rings. The van der Waals surface area contributed by atoms with Gasteiger partial charge in [0.25, 0.3) is 5.56 Å². The number of fused-ring (bicyclic) bond motifs is 5. The van der Waals surface area contributed by atoms with Crippen molar-refractivity contribution in [3.63, 3.8) is 0 Å². The minimum Gasteiger partial charge on any atom is -0.369 e. The molecular formula is C29H25FN8O. The van der Waals surface area contributed by atoms with Crippen LogP contribution in [0.3, 0.4) is 0 Å². The molecule has 0 bridgehead atoms. The zero-order chi connectivity index (χ0) is 26.5. The van der Waals surface area contributed by atoms with Gasteiger partial charge in [0.1, 0.15) is 11.2 Å². The fourth-order valence-corrected chi connectivity index (χ4v) is 5.13. The summed E-state index contributed by atoms with van der Waals surface area (Å²) >= 11 is 0. The van der Waals surface area contributed by atoms with Gasteiger partial charge in [-0.1, -0.05) is 18.2 Å². The average Bonchev–Trinajstić information content (AvgIpc) is 3.33. The molecular weight excluding hydrogens is 495 g/mol. The zero-order valence-electron chi connectivity index (χ0n) is 21.3. The zero-order valence-corrected chi connectivity index (χ0v) is 21.3. The molecule has 4 heterocycles. The fraction of sp³-hybridized carbons (Fsp3) is 0.172. The lowest BCUT2D eigenvalue weighted by Crippen LogP contribution is -2.44. The number of rotatable bonds is 4. The SMILES string of the molecule is CN1CCN(c2ccc(Nc3ncc4c(=O)n(-c5cccc(F)c5)c5nc6ccccc6n5c4n3)cc2)CC1. The lowest BCUT2D eigenvalue weighted by Gasteiger charge is -2.34. The number of nitrogens with zero attached hydrogens (tertiary/aromatic N) is 7. The molecule has 0 unspecified atom stereocenters.